The zero-order chi connectivity index (χ0) is 8.23. The molecule has 1 unspecified atom stereocenters. The first-order valence-electron chi connectivity index (χ1n) is 4.92. The fourth-order valence-corrected chi connectivity index (χ4v) is 3.22. The average Bonchev–Trinajstić information content (AvgIpc) is 2.59. The van der Waals surface area contributed by atoms with Crippen LogP contribution in [0.2, 0.25) is 0 Å². The van der Waals surface area contributed by atoms with Gasteiger partial charge in [0.15, 0.2) is 0 Å². The fourth-order valence-electron chi connectivity index (χ4n) is 1.91. The van der Waals surface area contributed by atoms with E-state index in [-0.39, 0.29) is 0 Å². The second-order valence-electron chi connectivity index (χ2n) is 3.61. The Morgan fingerprint density at radius 1 is 1.33 bits per heavy atom. The summed E-state index contributed by atoms with van der Waals surface area (Å²) in [7, 11) is 0. The van der Waals surface area contributed by atoms with Gasteiger partial charge in [0.1, 0.15) is 0 Å². The minimum absolute atomic E-state index is 0.933. The quantitative estimate of drug-likeness (QED) is 0.633. The van der Waals surface area contributed by atoms with E-state index in [2.05, 4.69) is 22.0 Å². The van der Waals surface area contributed by atoms with Crippen molar-refractivity contribution < 1.29 is 0 Å². The molecule has 0 saturated carbocycles. The van der Waals surface area contributed by atoms with Gasteiger partial charge in [0.05, 0.1) is 0 Å². The third-order valence-corrected chi connectivity index (χ3v) is 4.02. The van der Waals surface area contributed by atoms with E-state index in [9.17, 15) is 0 Å². The normalized spacial score (nSPS) is 32.5. The van der Waals surface area contributed by atoms with Gasteiger partial charge in [-0.05, 0) is 18.6 Å². The highest BCUT2D eigenvalue weighted by molar-refractivity contribution is 8.00. The van der Waals surface area contributed by atoms with Crippen molar-refractivity contribution in [3.8, 4) is 0 Å². The van der Waals surface area contributed by atoms with Crippen LogP contribution in [0.3, 0.4) is 0 Å². The second kappa shape index (κ2) is 4.49. The maximum Gasteiger partial charge on any atom is 0.0261 e. The molecular formula is C9H17N2S. The van der Waals surface area contributed by atoms with E-state index in [1.807, 2.05) is 0 Å². The molecule has 1 radical (unpaired) electrons. The molecule has 3 heteroatoms. The Labute approximate surface area is 79.1 Å². The van der Waals surface area contributed by atoms with E-state index in [4.69, 9.17) is 0 Å². The lowest BCUT2D eigenvalue weighted by Crippen LogP contribution is -2.42. The molecule has 2 heterocycles. The van der Waals surface area contributed by atoms with Crippen molar-refractivity contribution in [3.63, 3.8) is 0 Å². The van der Waals surface area contributed by atoms with Gasteiger partial charge in [0.2, 0.25) is 0 Å². The molecule has 2 aliphatic rings. The minimum Gasteiger partial charge on any atom is -0.300 e. The highest BCUT2D eigenvalue weighted by Gasteiger charge is 2.19. The standard InChI is InChI=1S/C9H17N2S/c1-2-9(12-7-1)8-11-5-3-10-4-6-11/h9H,1-8H2. The van der Waals surface area contributed by atoms with Crippen LogP contribution in [0.15, 0.2) is 0 Å². The largest absolute Gasteiger partial charge is 0.300 e. The molecule has 0 aliphatic carbocycles. The summed E-state index contributed by atoms with van der Waals surface area (Å²) in [5, 5.41) is 5.29. The van der Waals surface area contributed by atoms with Gasteiger partial charge in [-0.2, -0.15) is 11.8 Å². The lowest BCUT2D eigenvalue weighted by atomic mass is 10.2. The van der Waals surface area contributed by atoms with E-state index in [0.717, 1.165) is 18.3 Å². The van der Waals surface area contributed by atoms with Gasteiger partial charge in [0, 0.05) is 38.0 Å². The van der Waals surface area contributed by atoms with Gasteiger partial charge >= 0.3 is 0 Å². The van der Waals surface area contributed by atoms with E-state index in [1.54, 1.807) is 0 Å². The molecule has 2 rings (SSSR count). The summed E-state index contributed by atoms with van der Waals surface area (Å²) in [6.45, 7) is 5.86. The Kier molecular flexibility index (Phi) is 3.31. The van der Waals surface area contributed by atoms with Crippen molar-refractivity contribution in [3.05, 3.63) is 0 Å². The molecule has 0 bridgehead atoms. The molecule has 12 heavy (non-hydrogen) atoms. The number of rotatable bonds is 2. The third-order valence-electron chi connectivity index (χ3n) is 2.63. The maximum atomic E-state index is 4.35. The van der Waals surface area contributed by atoms with Crippen molar-refractivity contribution in [2.24, 2.45) is 0 Å². The molecule has 0 spiro atoms. The Morgan fingerprint density at radius 3 is 2.83 bits per heavy atom. The molecule has 2 saturated heterocycles. The molecule has 69 valence electrons. The first-order valence-corrected chi connectivity index (χ1v) is 5.97. The highest BCUT2D eigenvalue weighted by Crippen LogP contribution is 2.26. The number of hydrogen-bond acceptors (Lipinski definition) is 2. The van der Waals surface area contributed by atoms with E-state index >= 15 is 0 Å². The van der Waals surface area contributed by atoms with Crippen LogP contribution in [0, 0.1) is 0 Å². The molecule has 2 aliphatic heterocycles. The summed E-state index contributed by atoms with van der Waals surface area (Å²) in [6.07, 6.45) is 2.88. The Bertz CT molecular complexity index is 128. The molecule has 0 N–H and O–H groups in total. The molecule has 0 aromatic carbocycles. The SMILES string of the molecule is C1CSC(CN2CC[N]CC2)C1. The summed E-state index contributed by atoms with van der Waals surface area (Å²) in [5.41, 5.74) is 0. The fraction of sp³-hybridized carbons (Fsp3) is 1.00. The smallest absolute Gasteiger partial charge is 0.0261 e. The summed E-state index contributed by atoms with van der Waals surface area (Å²) < 4.78 is 0. The number of thioether (sulfide) groups is 1. The van der Waals surface area contributed by atoms with Crippen LogP contribution in [0.5, 0.6) is 0 Å². The van der Waals surface area contributed by atoms with Gasteiger partial charge in [-0.1, -0.05) is 0 Å². The van der Waals surface area contributed by atoms with Crippen LogP contribution in [-0.2, 0) is 0 Å². The number of piperazine rings is 1. The topological polar surface area (TPSA) is 17.3 Å². The van der Waals surface area contributed by atoms with Crippen molar-refractivity contribution >= 4 is 11.8 Å². The van der Waals surface area contributed by atoms with E-state index < -0.39 is 0 Å². The van der Waals surface area contributed by atoms with Crippen LogP contribution in [0.25, 0.3) is 0 Å². The molecule has 2 nitrogen and oxygen atoms in total. The summed E-state index contributed by atoms with van der Waals surface area (Å²) in [5.74, 6) is 1.39. The second-order valence-corrected chi connectivity index (χ2v) is 5.01. The summed E-state index contributed by atoms with van der Waals surface area (Å²) in [6, 6.07) is 0. The maximum absolute atomic E-state index is 4.35. The molecule has 1 atom stereocenters. The summed E-state index contributed by atoms with van der Waals surface area (Å²) in [4.78, 5) is 2.58. The zero-order valence-corrected chi connectivity index (χ0v) is 8.35. The zero-order valence-electron chi connectivity index (χ0n) is 7.54. The first-order chi connectivity index (χ1) is 5.95. The van der Waals surface area contributed by atoms with Crippen LogP contribution >= 0.6 is 11.8 Å². The van der Waals surface area contributed by atoms with Gasteiger partial charge in [0.25, 0.3) is 0 Å². The van der Waals surface area contributed by atoms with Crippen molar-refractivity contribution in [1.82, 2.24) is 10.2 Å². The average molecular weight is 185 g/mol. The minimum atomic E-state index is 0.933. The van der Waals surface area contributed by atoms with Crippen LogP contribution in [0.1, 0.15) is 12.8 Å². The van der Waals surface area contributed by atoms with Crippen molar-refractivity contribution in [2.75, 3.05) is 38.5 Å². The molecule has 0 aromatic rings. The number of nitrogens with zero attached hydrogens (tertiary/aromatic N) is 2. The monoisotopic (exact) mass is 185 g/mol. The molecular weight excluding hydrogens is 168 g/mol. The van der Waals surface area contributed by atoms with Gasteiger partial charge in [-0.25, -0.2) is 5.32 Å². The van der Waals surface area contributed by atoms with Gasteiger partial charge in [-0.3, -0.25) is 4.90 Å². The van der Waals surface area contributed by atoms with Gasteiger partial charge in [-0.15, -0.1) is 0 Å². The molecule has 2 fully saturated rings. The lowest BCUT2D eigenvalue weighted by molar-refractivity contribution is 0.238. The Balaban J connectivity index is 1.69. The van der Waals surface area contributed by atoms with Crippen molar-refractivity contribution in [1.29, 1.82) is 0 Å². The highest BCUT2D eigenvalue weighted by atomic mass is 32.2. The van der Waals surface area contributed by atoms with Gasteiger partial charge < -0.3 is 0 Å². The van der Waals surface area contributed by atoms with Crippen LogP contribution < -0.4 is 5.32 Å². The van der Waals surface area contributed by atoms with Crippen LogP contribution in [0.4, 0.5) is 0 Å². The van der Waals surface area contributed by atoms with E-state index in [0.29, 0.717) is 0 Å². The lowest BCUT2D eigenvalue weighted by Gasteiger charge is -2.28. The third kappa shape index (κ3) is 2.38. The predicted molar refractivity (Wildman–Crippen MR) is 53.8 cm³/mol. The van der Waals surface area contributed by atoms with Crippen LogP contribution in [-0.4, -0.2) is 48.6 Å². The Morgan fingerprint density at radius 2 is 2.17 bits per heavy atom. The molecule has 0 amide bonds. The Hall–Kier alpha value is 0.270. The number of hydrogen-bond donors (Lipinski definition) is 0. The summed E-state index contributed by atoms with van der Waals surface area (Å²) >= 11 is 2.16. The van der Waals surface area contributed by atoms with E-state index in [1.165, 1.54) is 38.2 Å². The first kappa shape index (κ1) is 8.85. The molecule has 0 aromatic heterocycles. The van der Waals surface area contributed by atoms with Crippen molar-refractivity contribution in [2.45, 2.75) is 18.1 Å². The predicted octanol–water partition coefficient (Wildman–Crippen LogP) is 0.802.